The van der Waals surface area contributed by atoms with Crippen LogP contribution in [0.3, 0.4) is 0 Å². The molecule has 1 aromatic heterocycles. The Morgan fingerprint density at radius 3 is 2.12 bits per heavy atom. The second kappa shape index (κ2) is 30.0. The van der Waals surface area contributed by atoms with Gasteiger partial charge in [0.15, 0.2) is 5.78 Å². The number of likely N-dealkylation sites (N-methyl/N-ethyl adjacent to an activating group) is 1. The number of amides is 3. The fourth-order valence-corrected chi connectivity index (χ4v) is 13.0. The van der Waals surface area contributed by atoms with E-state index in [0.717, 1.165) is 85.4 Å². The summed E-state index contributed by atoms with van der Waals surface area (Å²) in [5.74, 6) is 7.01. The number of halogens is 2. The molecular weight excluding hydrogens is 1240 g/mol. The molecule has 8 rings (SSSR count). The van der Waals surface area contributed by atoms with E-state index in [1.807, 2.05) is 74.6 Å². The first-order chi connectivity index (χ1) is 38.1. The van der Waals surface area contributed by atoms with Gasteiger partial charge in [-0.3, -0.25) is 24.1 Å². The summed E-state index contributed by atoms with van der Waals surface area (Å²) >= 11 is 8.24. The van der Waals surface area contributed by atoms with Crippen molar-refractivity contribution in [3.05, 3.63) is 124 Å². The normalized spacial score (nSPS) is 20.6. The van der Waals surface area contributed by atoms with Crippen LogP contribution in [0.25, 0.3) is 10.4 Å². The molecule has 1 saturated carbocycles. The van der Waals surface area contributed by atoms with Crippen molar-refractivity contribution in [3.8, 4) is 34.1 Å². The van der Waals surface area contributed by atoms with Gasteiger partial charge in [-0.05, 0) is 132 Å². The van der Waals surface area contributed by atoms with E-state index in [9.17, 15) is 32.5 Å². The van der Waals surface area contributed by atoms with Crippen LogP contribution in [0.2, 0.25) is 5.02 Å². The molecule has 4 N–H and O–H groups in total. The summed E-state index contributed by atoms with van der Waals surface area (Å²) < 4.78 is 15.9. The molecular formula is C63H80ClFN8O6OsS-. The van der Waals surface area contributed by atoms with E-state index in [1.165, 1.54) is 6.08 Å². The van der Waals surface area contributed by atoms with E-state index in [4.69, 9.17) is 22.1 Å². The number of aryl methyl sites for hydroxylation is 1. The fraction of sp³-hybridized carbons (Fsp3) is 0.492. The fourth-order valence-electron chi connectivity index (χ4n) is 12.0. The van der Waals surface area contributed by atoms with Crippen molar-refractivity contribution >= 4 is 52.7 Å². The molecule has 4 aliphatic rings. The number of likely N-dealkylation sites (tertiary alicyclic amines) is 3. The van der Waals surface area contributed by atoms with Crippen LogP contribution in [-0.4, -0.2) is 113 Å². The number of thiazole rings is 1. The number of ketones is 1. The SMILES string of the molecule is C/C(N)=C/C(=O)C(C=O)C(C)C.Cc1ncsc1-c1ccc(C(CC(=O)N2CCC(N3CCC(C#Cc4ccc(C(=O)NC5C(C)(C)C(Oc6ccc(C#N)c(Cl)c6)C5(C)C)cc4)CC3)CC2)NC(=O)C2CCCN2C)cc1.[CH3-].[F][Os]. The van der Waals surface area contributed by atoms with E-state index >= 15 is 0 Å². The molecule has 18 heteroatoms. The van der Waals surface area contributed by atoms with Gasteiger partial charge in [-0.15, -0.1) is 11.3 Å². The van der Waals surface area contributed by atoms with Gasteiger partial charge in [0.05, 0.1) is 51.1 Å². The standard InChI is InChI=1S/C53H62ClN7O4S.C9H15NO2.CH3.FH.Os/c1-34-47(66-33-56-34)38-17-15-37(16-18-38)44(57-49(64)45-8-7-25-59(45)6)31-46(62)61-28-23-41(24-29-61)60-26-21-36(22-27-60)10-9-35-11-13-39(14-12-35)48(63)58-50-52(2,3)51(53(50,4)5)65-42-20-19-40(32-55)43(54)30-42;1-6(2)8(5-11)9(12)4-7(3)10;;;/h11-20,30,33,36,41,44-45,50-51H,7-8,21-29,31H2,1-6H3,(H,57,64)(H,58,63);4-6,8H,10H2,1-3H3;1H3;1H;/q;;-1;;+1/p-1/b;7-4-;;;. The van der Waals surface area contributed by atoms with Crippen LogP contribution in [-0.2, 0) is 38.3 Å². The van der Waals surface area contributed by atoms with Crippen molar-refractivity contribution in [2.75, 3.05) is 39.8 Å². The molecule has 4 heterocycles. The van der Waals surface area contributed by atoms with Crippen LogP contribution in [0.5, 0.6) is 5.75 Å². The molecule has 3 aromatic carbocycles. The molecule has 3 saturated heterocycles. The van der Waals surface area contributed by atoms with Crippen molar-refractivity contribution in [3.63, 3.8) is 0 Å². The summed E-state index contributed by atoms with van der Waals surface area (Å²) in [5, 5.41) is 16.1. The third-order valence-electron chi connectivity index (χ3n) is 16.3. The Labute approximate surface area is 499 Å². The monoisotopic (exact) mass is 1320 g/mol. The summed E-state index contributed by atoms with van der Waals surface area (Å²) in [7, 11) is 2.00. The third-order valence-corrected chi connectivity index (χ3v) is 17.6. The molecule has 3 amide bonds. The molecule has 1 aliphatic carbocycles. The first-order valence-electron chi connectivity index (χ1n) is 27.5. The van der Waals surface area contributed by atoms with Gasteiger partial charge in [-0.2, -0.15) is 5.26 Å². The number of nitrogens with zero attached hydrogens (tertiary/aromatic N) is 5. The predicted molar refractivity (Wildman–Crippen MR) is 315 cm³/mol. The van der Waals surface area contributed by atoms with E-state index in [2.05, 4.69) is 83.2 Å². The zero-order chi connectivity index (χ0) is 58.5. The molecule has 0 bridgehead atoms. The van der Waals surface area contributed by atoms with Gasteiger partial charge >= 0.3 is 22.4 Å². The average Bonchev–Trinajstić information content (AvgIpc) is 4.08. The van der Waals surface area contributed by atoms with Gasteiger partial charge in [-0.1, -0.05) is 89.2 Å². The van der Waals surface area contributed by atoms with Crippen molar-refractivity contribution < 1.29 is 51.1 Å². The second-order valence-electron chi connectivity index (χ2n) is 23.1. The zero-order valence-corrected chi connectivity index (χ0v) is 52.6. The first kappa shape index (κ1) is 66.0. The number of hydrogen-bond donors (Lipinski definition) is 3. The number of benzene rings is 3. The third kappa shape index (κ3) is 16.7. The molecule has 3 aliphatic heterocycles. The van der Waals surface area contributed by atoms with Gasteiger partial charge < -0.3 is 43.1 Å². The van der Waals surface area contributed by atoms with Crippen molar-refractivity contribution in [1.29, 1.82) is 5.26 Å². The van der Waals surface area contributed by atoms with Crippen LogP contribution in [0.15, 0.2) is 84.0 Å². The van der Waals surface area contributed by atoms with Crippen LogP contribution >= 0.6 is 22.9 Å². The summed E-state index contributed by atoms with van der Waals surface area (Å²) in [4.78, 5) is 74.8. The molecule has 4 fully saturated rings. The number of rotatable bonds is 15. The number of carbonyl (C=O) groups excluding carboxylic acids is 5. The van der Waals surface area contributed by atoms with Crippen molar-refractivity contribution in [2.45, 2.75) is 131 Å². The number of piperidine rings is 2. The first-order valence-corrected chi connectivity index (χ1v) is 29.7. The number of ether oxygens (including phenoxy) is 1. The number of hydrogen-bond acceptors (Lipinski definition) is 12. The quantitative estimate of drug-likeness (QED) is 0.0337. The number of nitrogens with two attached hydrogens (primary N) is 1. The molecule has 3 atom stereocenters. The Hall–Kier alpha value is -5.79. The Morgan fingerprint density at radius 1 is 0.951 bits per heavy atom. The number of nitriles is 1. The topological polar surface area (TPSA) is 191 Å². The molecule has 3 unspecified atom stereocenters. The predicted octanol–water partition coefficient (Wildman–Crippen LogP) is 10.4. The van der Waals surface area contributed by atoms with E-state index < -0.39 is 12.0 Å². The number of nitrogens with one attached hydrogen (secondary N) is 2. The summed E-state index contributed by atoms with van der Waals surface area (Å²) in [6.07, 6.45) is 7.74. The average molecular weight is 1320 g/mol. The van der Waals surface area contributed by atoms with Crippen LogP contribution in [0, 0.1) is 66.1 Å². The maximum atomic E-state index is 13.9. The van der Waals surface area contributed by atoms with Crippen LogP contribution in [0.4, 0.5) is 3.29 Å². The zero-order valence-electron chi connectivity index (χ0n) is 48.5. The number of carbonyl (C=O) groups is 5. The molecule has 14 nitrogen and oxygen atoms in total. The van der Waals surface area contributed by atoms with Crippen LogP contribution < -0.4 is 21.1 Å². The van der Waals surface area contributed by atoms with Gasteiger partial charge in [-0.25, -0.2) is 4.98 Å². The van der Waals surface area contributed by atoms with Gasteiger partial charge in [0, 0.05) is 70.9 Å². The summed E-state index contributed by atoms with van der Waals surface area (Å²) in [6.45, 7) is 20.0. The van der Waals surface area contributed by atoms with Crippen molar-refractivity contribution in [2.24, 2.45) is 34.3 Å². The van der Waals surface area contributed by atoms with Gasteiger partial charge in [0.1, 0.15) is 24.2 Å². The number of aromatic nitrogens is 1. The number of allylic oxidation sites excluding steroid dienone is 2. The van der Waals surface area contributed by atoms with E-state index in [-0.39, 0.29) is 72.3 Å². The Bertz CT molecular complexity index is 2910. The Morgan fingerprint density at radius 2 is 1.59 bits per heavy atom. The maximum absolute atomic E-state index is 13.9. The summed E-state index contributed by atoms with van der Waals surface area (Å²) in [5.41, 5.74) is 11.8. The molecule has 0 spiro atoms. The minimum atomic E-state index is -0.552. The van der Waals surface area contributed by atoms with Crippen molar-refractivity contribution in [1.82, 2.24) is 30.3 Å². The number of aldehydes is 1. The van der Waals surface area contributed by atoms with Gasteiger partial charge in [0.2, 0.25) is 11.8 Å². The summed E-state index contributed by atoms with van der Waals surface area (Å²) in [6, 6.07) is 22.7. The van der Waals surface area contributed by atoms with Gasteiger partial charge in [0.25, 0.3) is 5.91 Å². The van der Waals surface area contributed by atoms with E-state index in [0.29, 0.717) is 78.0 Å². The Balaban J connectivity index is 0.000000714. The molecule has 4 aromatic rings. The molecule has 437 valence electrons. The molecule has 81 heavy (non-hydrogen) atoms. The minimum absolute atomic E-state index is 0. The Kier molecular flexibility index (Phi) is 24.4. The molecule has 0 radical (unpaired) electrons. The van der Waals surface area contributed by atoms with E-state index in [1.54, 1.807) is 36.5 Å². The second-order valence-corrected chi connectivity index (χ2v) is 24.3. The van der Waals surface area contributed by atoms with Crippen LogP contribution in [0.1, 0.15) is 132 Å².